The lowest BCUT2D eigenvalue weighted by atomic mass is 10.0. The van der Waals surface area contributed by atoms with Crippen molar-refractivity contribution in [2.75, 3.05) is 13.1 Å². The molecule has 0 aromatic heterocycles. The van der Waals surface area contributed by atoms with Crippen LogP contribution in [0, 0.1) is 0 Å². The van der Waals surface area contributed by atoms with Crippen molar-refractivity contribution in [1.29, 1.82) is 0 Å². The molecule has 2 heteroatoms. The first-order valence-electron chi connectivity index (χ1n) is 16.5. The Morgan fingerprint density at radius 3 is 1.00 bits per heavy atom. The molecule has 1 aliphatic rings. The van der Waals surface area contributed by atoms with E-state index >= 15 is 0 Å². The van der Waals surface area contributed by atoms with Crippen LogP contribution in [0.1, 0.15) is 181 Å². The van der Waals surface area contributed by atoms with Gasteiger partial charge in [-0.2, -0.15) is 0 Å². The Hall–Kier alpha value is -0.660. The molecule has 0 spiro atoms. The zero-order valence-electron chi connectivity index (χ0n) is 24.7. The second kappa shape index (κ2) is 25.0. The van der Waals surface area contributed by atoms with Crippen molar-refractivity contribution in [3.63, 3.8) is 0 Å². The van der Waals surface area contributed by atoms with E-state index in [1.54, 1.807) is 0 Å². The van der Waals surface area contributed by atoms with Crippen molar-refractivity contribution < 1.29 is 0 Å². The van der Waals surface area contributed by atoms with Gasteiger partial charge in [0.2, 0.25) is 0 Å². The summed E-state index contributed by atoms with van der Waals surface area (Å²) in [6, 6.07) is 0. The van der Waals surface area contributed by atoms with Crippen LogP contribution in [-0.2, 0) is 0 Å². The van der Waals surface area contributed by atoms with Gasteiger partial charge in [-0.05, 0) is 25.7 Å². The van der Waals surface area contributed by atoms with E-state index in [0.29, 0.717) is 6.17 Å². The Kier molecular flexibility index (Phi) is 23.1. The molecule has 0 saturated carbocycles. The molecule has 0 radical (unpaired) electrons. The summed E-state index contributed by atoms with van der Waals surface area (Å²) >= 11 is 0. The summed E-state index contributed by atoms with van der Waals surface area (Å²) in [5.74, 6) is 0. The molecule has 0 saturated heterocycles. The first kappa shape index (κ1) is 32.4. The van der Waals surface area contributed by atoms with E-state index in [1.165, 1.54) is 174 Å². The van der Waals surface area contributed by atoms with Crippen molar-refractivity contribution in [1.82, 2.24) is 9.80 Å². The molecule has 1 unspecified atom stereocenters. The zero-order chi connectivity index (χ0) is 25.2. The highest BCUT2D eigenvalue weighted by molar-refractivity contribution is 4.97. The molecule has 1 aliphatic heterocycles. The molecule has 0 aliphatic carbocycles. The van der Waals surface area contributed by atoms with Crippen LogP contribution in [0.5, 0.6) is 0 Å². The highest BCUT2D eigenvalue weighted by Crippen LogP contribution is 2.23. The molecule has 1 heterocycles. The summed E-state index contributed by atoms with van der Waals surface area (Å²) in [5.41, 5.74) is 0. The number of hydrogen-bond acceptors (Lipinski definition) is 2. The molecular formula is C33H66N2. The quantitative estimate of drug-likeness (QED) is 0.106. The summed E-state index contributed by atoms with van der Waals surface area (Å²) in [7, 11) is 0. The zero-order valence-corrected chi connectivity index (χ0v) is 24.7. The topological polar surface area (TPSA) is 6.48 Å². The SMILES string of the molecule is CCCCCCCCCCCCCCCCN1C=CN(CCCCCCCC)C1CCCCCC. The predicted molar refractivity (Wildman–Crippen MR) is 159 cm³/mol. The monoisotopic (exact) mass is 491 g/mol. The maximum absolute atomic E-state index is 2.68. The highest BCUT2D eigenvalue weighted by atomic mass is 15.4. The van der Waals surface area contributed by atoms with Crippen LogP contribution in [-0.4, -0.2) is 29.1 Å². The second-order valence-electron chi connectivity index (χ2n) is 11.5. The van der Waals surface area contributed by atoms with Crippen molar-refractivity contribution in [3.05, 3.63) is 12.4 Å². The van der Waals surface area contributed by atoms with E-state index in [-0.39, 0.29) is 0 Å². The molecule has 208 valence electrons. The van der Waals surface area contributed by atoms with Gasteiger partial charge in [-0.1, -0.05) is 156 Å². The first-order valence-corrected chi connectivity index (χ1v) is 16.5. The van der Waals surface area contributed by atoms with E-state index in [1.807, 2.05) is 0 Å². The lowest BCUT2D eigenvalue weighted by Crippen LogP contribution is -2.39. The highest BCUT2D eigenvalue weighted by Gasteiger charge is 2.24. The van der Waals surface area contributed by atoms with Crippen LogP contribution >= 0.6 is 0 Å². The molecule has 35 heavy (non-hydrogen) atoms. The second-order valence-corrected chi connectivity index (χ2v) is 11.5. The predicted octanol–water partition coefficient (Wildman–Crippen LogP) is 11.2. The van der Waals surface area contributed by atoms with E-state index in [0.717, 1.165) is 0 Å². The largest absolute Gasteiger partial charge is 0.356 e. The third-order valence-electron chi connectivity index (χ3n) is 8.07. The number of hydrogen-bond donors (Lipinski definition) is 0. The Bertz CT molecular complexity index is 446. The fourth-order valence-electron chi connectivity index (χ4n) is 5.66. The molecule has 1 rings (SSSR count). The Morgan fingerprint density at radius 1 is 0.371 bits per heavy atom. The van der Waals surface area contributed by atoms with E-state index in [2.05, 4.69) is 43.0 Å². The molecule has 2 nitrogen and oxygen atoms in total. The smallest absolute Gasteiger partial charge is 0.101 e. The summed E-state index contributed by atoms with van der Waals surface area (Å²) in [5, 5.41) is 0. The normalized spacial score (nSPS) is 15.6. The van der Waals surface area contributed by atoms with E-state index < -0.39 is 0 Å². The van der Waals surface area contributed by atoms with Crippen LogP contribution in [0.25, 0.3) is 0 Å². The average Bonchev–Trinajstić information content (AvgIpc) is 3.25. The Balaban J connectivity index is 2.10. The van der Waals surface area contributed by atoms with Gasteiger partial charge >= 0.3 is 0 Å². The number of unbranched alkanes of at least 4 members (excludes halogenated alkanes) is 21. The summed E-state index contributed by atoms with van der Waals surface area (Å²) in [6.45, 7) is 9.46. The Morgan fingerprint density at radius 2 is 0.657 bits per heavy atom. The standard InChI is InChI=1S/C33H66N2/c1-4-7-10-13-15-16-17-18-19-20-21-22-24-27-30-35-32-31-34(29-26-23-14-11-8-5-2)33(35)28-25-12-9-6-3/h31-33H,4-30H2,1-3H3. The molecule has 0 aromatic carbocycles. The number of rotatable bonds is 27. The van der Waals surface area contributed by atoms with Crippen molar-refractivity contribution >= 4 is 0 Å². The van der Waals surface area contributed by atoms with Crippen molar-refractivity contribution in [3.8, 4) is 0 Å². The first-order chi connectivity index (χ1) is 17.3. The van der Waals surface area contributed by atoms with E-state index in [4.69, 9.17) is 0 Å². The average molecular weight is 491 g/mol. The molecule has 0 fully saturated rings. The van der Waals surface area contributed by atoms with Gasteiger partial charge < -0.3 is 9.80 Å². The molecule has 1 atom stereocenters. The van der Waals surface area contributed by atoms with Crippen LogP contribution < -0.4 is 0 Å². The third kappa shape index (κ3) is 18.3. The number of nitrogens with zero attached hydrogens (tertiary/aromatic N) is 2. The molecular weight excluding hydrogens is 424 g/mol. The lowest BCUT2D eigenvalue weighted by Gasteiger charge is -2.33. The van der Waals surface area contributed by atoms with Gasteiger partial charge in [0, 0.05) is 25.5 Å². The fraction of sp³-hybridized carbons (Fsp3) is 0.939. The van der Waals surface area contributed by atoms with Crippen LogP contribution in [0.15, 0.2) is 12.4 Å². The summed E-state index contributed by atoms with van der Waals surface area (Å²) < 4.78 is 0. The maximum atomic E-state index is 2.68. The minimum absolute atomic E-state index is 0.643. The van der Waals surface area contributed by atoms with E-state index in [9.17, 15) is 0 Å². The van der Waals surface area contributed by atoms with Gasteiger partial charge in [-0.25, -0.2) is 0 Å². The Labute approximate surface area is 222 Å². The molecule has 0 bridgehead atoms. The summed E-state index contributed by atoms with van der Waals surface area (Å²) in [4.78, 5) is 5.36. The van der Waals surface area contributed by atoms with Gasteiger partial charge in [0.1, 0.15) is 6.17 Å². The molecule has 0 N–H and O–H groups in total. The lowest BCUT2D eigenvalue weighted by molar-refractivity contribution is 0.135. The molecule has 0 aromatic rings. The van der Waals surface area contributed by atoms with Crippen molar-refractivity contribution in [2.24, 2.45) is 0 Å². The molecule has 0 amide bonds. The van der Waals surface area contributed by atoms with Crippen LogP contribution in [0.2, 0.25) is 0 Å². The van der Waals surface area contributed by atoms with Gasteiger partial charge in [-0.3, -0.25) is 0 Å². The minimum Gasteiger partial charge on any atom is -0.356 e. The third-order valence-corrected chi connectivity index (χ3v) is 8.07. The minimum atomic E-state index is 0.643. The van der Waals surface area contributed by atoms with Crippen LogP contribution in [0.3, 0.4) is 0 Å². The van der Waals surface area contributed by atoms with Gasteiger partial charge in [0.25, 0.3) is 0 Å². The van der Waals surface area contributed by atoms with Crippen molar-refractivity contribution in [2.45, 2.75) is 187 Å². The van der Waals surface area contributed by atoms with Gasteiger partial charge in [0.15, 0.2) is 0 Å². The maximum Gasteiger partial charge on any atom is 0.101 e. The summed E-state index contributed by atoms with van der Waals surface area (Å²) in [6.07, 6.45) is 41.0. The van der Waals surface area contributed by atoms with Gasteiger partial charge in [-0.15, -0.1) is 0 Å². The van der Waals surface area contributed by atoms with Gasteiger partial charge in [0.05, 0.1) is 0 Å². The fourth-order valence-corrected chi connectivity index (χ4v) is 5.66. The van der Waals surface area contributed by atoms with Crippen LogP contribution in [0.4, 0.5) is 0 Å².